The molecular weight excluding hydrogens is 362 g/mol. The molecule has 2 aromatic rings. The van der Waals surface area contributed by atoms with E-state index < -0.39 is 0 Å². The molecule has 0 bridgehead atoms. The Kier molecular flexibility index (Phi) is 7.90. The molecule has 0 saturated carbocycles. The number of morpholine rings is 1. The minimum absolute atomic E-state index is 0.676. The number of nitrogens with zero attached hydrogens (tertiary/aromatic N) is 2. The Balaban J connectivity index is 1.75. The van der Waals surface area contributed by atoms with E-state index in [4.69, 9.17) is 15.2 Å². The SMILES string of the molecule is CCCCCc1cc(Cc2ccc(CN3CCOCC3)cc2OC)c(C)nc1N. The van der Waals surface area contributed by atoms with Crippen molar-refractivity contribution in [2.24, 2.45) is 0 Å². The number of anilines is 1. The maximum Gasteiger partial charge on any atom is 0.126 e. The predicted molar refractivity (Wildman–Crippen MR) is 119 cm³/mol. The van der Waals surface area contributed by atoms with Crippen LogP contribution in [0.1, 0.15) is 54.1 Å². The number of hydrogen-bond acceptors (Lipinski definition) is 5. The van der Waals surface area contributed by atoms with Crippen molar-refractivity contribution in [1.29, 1.82) is 0 Å². The van der Waals surface area contributed by atoms with E-state index in [-0.39, 0.29) is 0 Å². The first-order chi connectivity index (χ1) is 14.1. The summed E-state index contributed by atoms with van der Waals surface area (Å²) in [4.78, 5) is 7.04. The number of nitrogen functional groups attached to an aromatic ring is 1. The number of pyridine rings is 1. The number of aryl methyl sites for hydroxylation is 2. The molecule has 0 unspecified atom stereocenters. The van der Waals surface area contributed by atoms with Crippen LogP contribution in [0.2, 0.25) is 0 Å². The molecule has 1 saturated heterocycles. The Morgan fingerprint density at radius 3 is 2.62 bits per heavy atom. The summed E-state index contributed by atoms with van der Waals surface area (Å²) >= 11 is 0. The van der Waals surface area contributed by atoms with E-state index in [0.29, 0.717) is 5.82 Å². The number of ether oxygens (including phenoxy) is 2. The highest BCUT2D eigenvalue weighted by molar-refractivity contribution is 5.47. The highest BCUT2D eigenvalue weighted by Crippen LogP contribution is 2.27. The maximum atomic E-state index is 6.18. The maximum absolute atomic E-state index is 6.18. The summed E-state index contributed by atoms with van der Waals surface area (Å²) in [6.45, 7) is 8.81. The fraction of sp³-hybridized carbons (Fsp3) is 0.542. The van der Waals surface area contributed by atoms with Crippen LogP contribution in [-0.4, -0.2) is 43.3 Å². The van der Waals surface area contributed by atoms with E-state index in [1.54, 1.807) is 7.11 Å². The van der Waals surface area contributed by atoms with Crippen LogP contribution in [0.25, 0.3) is 0 Å². The largest absolute Gasteiger partial charge is 0.496 e. The van der Waals surface area contributed by atoms with Crippen LogP contribution < -0.4 is 10.5 Å². The number of benzene rings is 1. The zero-order valence-corrected chi connectivity index (χ0v) is 18.2. The summed E-state index contributed by atoms with van der Waals surface area (Å²) in [5, 5.41) is 0. The molecule has 0 atom stereocenters. The van der Waals surface area contributed by atoms with Crippen LogP contribution in [0, 0.1) is 6.92 Å². The summed E-state index contributed by atoms with van der Waals surface area (Å²) < 4.78 is 11.2. The van der Waals surface area contributed by atoms with E-state index >= 15 is 0 Å². The quantitative estimate of drug-likeness (QED) is 0.645. The molecule has 1 aromatic heterocycles. The van der Waals surface area contributed by atoms with Gasteiger partial charge in [-0.2, -0.15) is 0 Å². The topological polar surface area (TPSA) is 60.6 Å². The highest BCUT2D eigenvalue weighted by Gasteiger charge is 2.14. The molecule has 1 aliphatic heterocycles. The molecular formula is C24H35N3O2. The van der Waals surface area contributed by atoms with Crippen LogP contribution in [-0.2, 0) is 24.1 Å². The number of aromatic nitrogens is 1. The van der Waals surface area contributed by atoms with Gasteiger partial charge in [0.05, 0.1) is 20.3 Å². The molecule has 5 heteroatoms. The minimum atomic E-state index is 0.676. The summed E-state index contributed by atoms with van der Waals surface area (Å²) in [6, 6.07) is 8.83. The zero-order valence-electron chi connectivity index (χ0n) is 18.2. The van der Waals surface area contributed by atoms with Gasteiger partial charge in [-0.1, -0.05) is 38.0 Å². The first-order valence-electron chi connectivity index (χ1n) is 10.8. The Morgan fingerprint density at radius 2 is 1.90 bits per heavy atom. The predicted octanol–water partition coefficient (Wildman–Crippen LogP) is 4.14. The van der Waals surface area contributed by atoms with Gasteiger partial charge in [0.15, 0.2) is 0 Å². The number of methoxy groups -OCH3 is 1. The third-order valence-corrected chi connectivity index (χ3v) is 5.72. The van der Waals surface area contributed by atoms with Gasteiger partial charge in [0.2, 0.25) is 0 Å². The van der Waals surface area contributed by atoms with Gasteiger partial charge in [-0.25, -0.2) is 4.98 Å². The van der Waals surface area contributed by atoms with Crippen molar-refractivity contribution >= 4 is 5.82 Å². The Hall–Kier alpha value is -2.11. The second kappa shape index (κ2) is 10.6. The van der Waals surface area contributed by atoms with E-state index in [1.165, 1.54) is 35.1 Å². The minimum Gasteiger partial charge on any atom is -0.496 e. The Morgan fingerprint density at radius 1 is 1.10 bits per heavy atom. The third-order valence-electron chi connectivity index (χ3n) is 5.72. The molecule has 0 aliphatic carbocycles. The monoisotopic (exact) mass is 397 g/mol. The average molecular weight is 398 g/mol. The van der Waals surface area contributed by atoms with Crippen molar-refractivity contribution in [1.82, 2.24) is 9.88 Å². The summed E-state index contributed by atoms with van der Waals surface area (Å²) in [6.07, 6.45) is 5.39. The van der Waals surface area contributed by atoms with Crippen molar-refractivity contribution in [2.45, 2.75) is 52.5 Å². The molecule has 158 valence electrons. The summed E-state index contributed by atoms with van der Waals surface area (Å²) in [5.74, 6) is 1.62. The summed E-state index contributed by atoms with van der Waals surface area (Å²) in [5.41, 5.74) is 12.0. The molecule has 3 rings (SSSR count). The third kappa shape index (κ3) is 5.94. The second-order valence-corrected chi connectivity index (χ2v) is 7.95. The molecule has 0 amide bonds. The van der Waals surface area contributed by atoms with E-state index in [2.05, 4.69) is 41.1 Å². The lowest BCUT2D eigenvalue weighted by Gasteiger charge is -2.26. The highest BCUT2D eigenvalue weighted by atomic mass is 16.5. The zero-order chi connectivity index (χ0) is 20.6. The van der Waals surface area contributed by atoms with Crippen molar-refractivity contribution in [3.8, 4) is 5.75 Å². The fourth-order valence-corrected chi connectivity index (χ4v) is 3.91. The average Bonchev–Trinajstić information content (AvgIpc) is 2.73. The van der Waals surface area contributed by atoms with Gasteiger partial charge in [-0.05, 0) is 48.1 Å². The van der Waals surface area contributed by atoms with Crippen LogP contribution >= 0.6 is 0 Å². The molecule has 2 N–H and O–H groups in total. The number of rotatable bonds is 9. The van der Waals surface area contributed by atoms with E-state index in [0.717, 1.165) is 63.6 Å². The molecule has 0 radical (unpaired) electrons. The van der Waals surface area contributed by atoms with Crippen LogP contribution in [0.15, 0.2) is 24.3 Å². The van der Waals surface area contributed by atoms with E-state index in [9.17, 15) is 0 Å². The first kappa shape index (κ1) is 21.6. The van der Waals surface area contributed by atoms with Gasteiger partial charge < -0.3 is 15.2 Å². The molecule has 2 heterocycles. The van der Waals surface area contributed by atoms with Gasteiger partial charge in [-0.3, -0.25) is 4.90 Å². The van der Waals surface area contributed by atoms with Gasteiger partial charge in [0.1, 0.15) is 11.6 Å². The van der Waals surface area contributed by atoms with Gasteiger partial charge >= 0.3 is 0 Å². The standard InChI is InChI=1S/C24H35N3O2/c1-4-5-6-7-21-16-22(18(2)26-24(21)25)15-20-9-8-19(14-23(20)28-3)17-27-10-12-29-13-11-27/h8-9,14,16H,4-7,10-13,15,17H2,1-3H3,(H2,25,26). The van der Waals surface area contributed by atoms with Crippen LogP contribution in [0.4, 0.5) is 5.82 Å². The normalized spacial score (nSPS) is 14.9. The second-order valence-electron chi connectivity index (χ2n) is 7.95. The van der Waals surface area contributed by atoms with Gasteiger partial charge in [0.25, 0.3) is 0 Å². The Labute approximate surface area is 175 Å². The smallest absolute Gasteiger partial charge is 0.126 e. The Bertz CT molecular complexity index is 801. The number of unbranched alkanes of at least 4 members (excludes halogenated alkanes) is 2. The fourth-order valence-electron chi connectivity index (χ4n) is 3.91. The van der Waals surface area contributed by atoms with Crippen LogP contribution in [0.3, 0.4) is 0 Å². The van der Waals surface area contributed by atoms with Crippen molar-refractivity contribution in [3.05, 3.63) is 52.2 Å². The summed E-state index contributed by atoms with van der Waals surface area (Å²) in [7, 11) is 1.75. The lowest BCUT2D eigenvalue weighted by Crippen LogP contribution is -2.35. The molecule has 0 spiro atoms. The molecule has 1 aliphatic rings. The van der Waals surface area contributed by atoms with Crippen molar-refractivity contribution < 1.29 is 9.47 Å². The molecule has 1 aromatic carbocycles. The van der Waals surface area contributed by atoms with Crippen LogP contribution in [0.5, 0.6) is 5.75 Å². The van der Waals surface area contributed by atoms with Gasteiger partial charge in [-0.15, -0.1) is 0 Å². The van der Waals surface area contributed by atoms with Gasteiger partial charge in [0, 0.05) is 31.7 Å². The van der Waals surface area contributed by atoms with Crippen molar-refractivity contribution in [3.63, 3.8) is 0 Å². The molecule has 1 fully saturated rings. The lowest BCUT2D eigenvalue weighted by atomic mass is 9.98. The first-order valence-corrected chi connectivity index (χ1v) is 10.8. The van der Waals surface area contributed by atoms with Crippen molar-refractivity contribution in [2.75, 3.05) is 39.1 Å². The lowest BCUT2D eigenvalue weighted by molar-refractivity contribution is 0.0341. The molecule has 29 heavy (non-hydrogen) atoms. The number of nitrogens with two attached hydrogens (primary N) is 1. The molecule has 5 nitrogen and oxygen atoms in total. The van der Waals surface area contributed by atoms with E-state index in [1.807, 2.05) is 6.92 Å². The number of hydrogen-bond donors (Lipinski definition) is 1.